The summed E-state index contributed by atoms with van der Waals surface area (Å²) in [6.45, 7) is 1.27. The molecule has 1 amide bonds. The molecule has 2 aromatic rings. The zero-order valence-corrected chi connectivity index (χ0v) is 12.6. The van der Waals surface area contributed by atoms with Crippen molar-refractivity contribution in [3.63, 3.8) is 0 Å². The van der Waals surface area contributed by atoms with Gasteiger partial charge >= 0.3 is 0 Å². The van der Waals surface area contributed by atoms with Gasteiger partial charge in [0.15, 0.2) is 5.82 Å². The molecule has 2 heterocycles. The highest BCUT2D eigenvalue weighted by atomic mass is 79.9. The van der Waals surface area contributed by atoms with Crippen LogP contribution in [0.25, 0.3) is 10.1 Å². The summed E-state index contributed by atoms with van der Waals surface area (Å²) < 4.78 is 11.7. The van der Waals surface area contributed by atoms with Crippen LogP contribution in [0.1, 0.15) is 12.8 Å². The fourth-order valence-electron chi connectivity index (χ4n) is 2.17. The lowest BCUT2D eigenvalue weighted by atomic mass is 10.0. The number of fused-ring (bicyclic) bond motifs is 1. The highest BCUT2D eigenvalue weighted by Gasteiger charge is 2.23. The summed E-state index contributed by atoms with van der Waals surface area (Å²) in [6.07, 6.45) is 1.83. The van der Waals surface area contributed by atoms with Gasteiger partial charge in [-0.2, -0.15) is 4.37 Å². The molecule has 0 spiro atoms. The van der Waals surface area contributed by atoms with Gasteiger partial charge < -0.3 is 10.1 Å². The summed E-state index contributed by atoms with van der Waals surface area (Å²) >= 11 is 4.83. The minimum absolute atomic E-state index is 0.00637. The van der Waals surface area contributed by atoms with Crippen LogP contribution in [0.2, 0.25) is 0 Å². The largest absolute Gasteiger partial charge is 0.381 e. The number of hydrogen-bond acceptors (Lipinski definition) is 4. The van der Waals surface area contributed by atoms with Crippen LogP contribution < -0.4 is 5.32 Å². The standard InChI is InChI=1S/C13H13BrN2O2S/c14-9-3-4-11-10(6-9)12(16-19-11)15-13(17)8-2-1-5-18-7-8/h3-4,6,8H,1-2,5,7H2,(H,15,16,17). The van der Waals surface area contributed by atoms with Gasteiger partial charge in [-0.05, 0) is 42.6 Å². The maximum atomic E-state index is 12.2. The van der Waals surface area contributed by atoms with Crippen LogP contribution in [0.4, 0.5) is 5.82 Å². The van der Waals surface area contributed by atoms with Gasteiger partial charge in [0.25, 0.3) is 0 Å². The second-order valence-corrected chi connectivity index (χ2v) is 6.30. The fourth-order valence-corrected chi connectivity index (χ4v) is 3.24. The van der Waals surface area contributed by atoms with Crippen LogP contribution in [0.5, 0.6) is 0 Å². The highest BCUT2D eigenvalue weighted by molar-refractivity contribution is 9.10. The predicted molar refractivity (Wildman–Crippen MR) is 79.5 cm³/mol. The summed E-state index contributed by atoms with van der Waals surface area (Å²) in [5.74, 6) is 0.599. The summed E-state index contributed by atoms with van der Waals surface area (Å²) in [4.78, 5) is 12.2. The number of anilines is 1. The molecular weight excluding hydrogens is 328 g/mol. The lowest BCUT2D eigenvalue weighted by Crippen LogP contribution is -2.30. The molecule has 1 unspecified atom stereocenters. The van der Waals surface area contributed by atoms with Crippen LogP contribution in [0.15, 0.2) is 22.7 Å². The average molecular weight is 341 g/mol. The highest BCUT2D eigenvalue weighted by Crippen LogP contribution is 2.30. The molecule has 1 aliphatic heterocycles. The zero-order valence-electron chi connectivity index (χ0n) is 10.2. The van der Waals surface area contributed by atoms with Crippen LogP contribution in [-0.4, -0.2) is 23.5 Å². The van der Waals surface area contributed by atoms with Gasteiger partial charge in [-0.3, -0.25) is 4.79 Å². The number of carbonyl (C=O) groups excluding carboxylic acids is 1. The normalized spacial score (nSPS) is 19.5. The smallest absolute Gasteiger partial charge is 0.231 e. The summed E-state index contributed by atoms with van der Waals surface area (Å²) in [5, 5.41) is 3.90. The van der Waals surface area contributed by atoms with Gasteiger partial charge in [0.05, 0.1) is 17.2 Å². The Balaban J connectivity index is 1.80. The molecule has 1 N–H and O–H groups in total. The van der Waals surface area contributed by atoms with E-state index in [0.717, 1.165) is 34.0 Å². The molecule has 0 saturated carbocycles. The first-order valence-corrected chi connectivity index (χ1v) is 7.74. The number of benzene rings is 1. The van der Waals surface area contributed by atoms with Crippen LogP contribution in [0.3, 0.4) is 0 Å². The minimum atomic E-state index is -0.0577. The van der Waals surface area contributed by atoms with Gasteiger partial charge in [0, 0.05) is 16.5 Å². The van der Waals surface area contributed by atoms with Crippen LogP contribution >= 0.6 is 27.5 Å². The van der Waals surface area contributed by atoms with E-state index in [1.165, 1.54) is 11.5 Å². The lowest BCUT2D eigenvalue weighted by molar-refractivity contribution is -0.123. The van der Waals surface area contributed by atoms with Crippen molar-refractivity contribution >= 4 is 49.3 Å². The SMILES string of the molecule is O=C(Nc1nsc2ccc(Br)cc12)C1CCCOC1. The van der Waals surface area contributed by atoms with E-state index in [2.05, 4.69) is 25.6 Å². The number of rotatable bonds is 2. The Kier molecular flexibility index (Phi) is 3.81. The Morgan fingerprint density at radius 3 is 3.21 bits per heavy atom. The Morgan fingerprint density at radius 1 is 1.53 bits per heavy atom. The molecule has 1 fully saturated rings. The van der Waals surface area contributed by atoms with Crippen molar-refractivity contribution in [2.75, 3.05) is 18.5 Å². The molecule has 1 aliphatic rings. The monoisotopic (exact) mass is 340 g/mol. The van der Waals surface area contributed by atoms with Gasteiger partial charge in [-0.1, -0.05) is 15.9 Å². The third-order valence-corrected chi connectivity index (χ3v) is 4.52. The summed E-state index contributed by atoms with van der Waals surface area (Å²) in [7, 11) is 0. The minimum Gasteiger partial charge on any atom is -0.381 e. The first kappa shape index (κ1) is 13.0. The van der Waals surface area contributed by atoms with E-state index < -0.39 is 0 Å². The molecule has 100 valence electrons. The number of amides is 1. The van der Waals surface area contributed by atoms with Crippen LogP contribution in [-0.2, 0) is 9.53 Å². The van der Waals surface area contributed by atoms with E-state index in [4.69, 9.17) is 4.74 Å². The molecule has 0 bridgehead atoms. The zero-order chi connectivity index (χ0) is 13.2. The third-order valence-electron chi connectivity index (χ3n) is 3.20. The predicted octanol–water partition coefficient (Wildman–Crippen LogP) is 3.42. The van der Waals surface area contributed by atoms with Crippen molar-refractivity contribution in [3.8, 4) is 0 Å². The van der Waals surface area contributed by atoms with Crippen molar-refractivity contribution < 1.29 is 9.53 Å². The number of aromatic nitrogens is 1. The maximum absolute atomic E-state index is 12.2. The maximum Gasteiger partial charge on any atom is 0.231 e. The Morgan fingerprint density at radius 2 is 2.42 bits per heavy atom. The fraction of sp³-hybridized carbons (Fsp3) is 0.385. The van der Waals surface area contributed by atoms with E-state index in [1.54, 1.807) is 0 Å². The van der Waals surface area contributed by atoms with Crippen molar-refractivity contribution in [2.45, 2.75) is 12.8 Å². The van der Waals surface area contributed by atoms with E-state index in [1.807, 2.05) is 18.2 Å². The summed E-state index contributed by atoms with van der Waals surface area (Å²) in [6, 6.07) is 5.95. The Hall–Kier alpha value is -0.980. The van der Waals surface area contributed by atoms with E-state index in [9.17, 15) is 4.79 Å². The molecule has 1 saturated heterocycles. The number of carbonyl (C=O) groups is 1. The number of nitrogens with one attached hydrogen (secondary N) is 1. The van der Waals surface area contributed by atoms with Crippen molar-refractivity contribution in [3.05, 3.63) is 22.7 Å². The van der Waals surface area contributed by atoms with Crippen molar-refractivity contribution in [1.29, 1.82) is 0 Å². The van der Waals surface area contributed by atoms with Gasteiger partial charge in [0.1, 0.15) is 0 Å². The number of halogens is 1. The third kappa shape index (κ3) is 2.80. The number of hydrogen-bond donors (Lipinski definition) is 1. The van der Waals surface area contributed by atoms with E-state index in [-0.39, 0.29) is 11.8 Å². The molecule has 19 heavy (non-hydrogen) atoms. The molecule has 0 radical (unpaired) electrons. The van der Waals surface area contributed by atoms with Gasteiger partial charge in [-0.25, -0.2) is 0 Å². The van der Waals surface area contributed by atoms with Gasteiger partial charge in [0.2, 0.25) is 5.91 Å². The van der Waals surface area contributed by atoms with E-state index >= 15 is 0 Å². The molecule has 3 rings (SSSR count). The lowest BCUT2D eigenvalue weighted by Gasteiger charge is -2.20. The molecule has 6 heteroatoms. The van der Waals surface area contributed by atoms with Crippen molar-refractivity contribution in [1.82, 2.24) is 4.37 Å². The molecule has 0 aliphatic carbocycles. The average Bonchev–Trinajstić information content (AvgIpc) is 2.82. The summed E-state index contributed by atoms with van der Waals surface area (Å²) in [5.41, 5.74) is 0. The first-order valence-electron chi connectivity index (χ1n) is 6.17. The Labute approximate surface area is 123 Å². The quantitative estimate of drug-likeness (QED) is 0.911. The molecule has 4 nitrogen and oxygen atoms in total. The van der Waals surface area contributed by atoms with Crippen molar-refractivity contribution in [2.24, 2.45) is 5.92 Å². The molecule has 1 atom stereocenters. The second-order valence-electron chi connectivity index (χ2n) is 4.57. The first-order chi connectivity index (χ1) is 9.24. The number of ether oxygens (including phenoxy) is 1. The number of nitrogens with zero attached hydrogens (tertiary/aromatic N) is 1. The molecular formula is C13H13BrN2O2S. The van der Waals surface area contributed by atoms with Crippen LogP contribution in [0, 0.1) is 5.92 Å². The second kappa shape index (κ2) is 5.56. The molecule has 1 aromatic heterocycles. The Bertz CT molecular complexity index is 608. The topological polar surface area (TPSA) is 51.2 Å². The van der Waals surface area contributed by atoms with Gasteiger partial charge in [-0.15, -0.1) is 0 Å². The molecule has 1 aromatic carbocycles. The van der Waals surface area contributed by atoms with E-state index in [0.29, 0.717) is 12.4 Å².